The number of hydrogen-bond donors (Lipinski definition) is 1. The summed E-state index contributed by atoms with van der Waals surface area (Å²) < 4.78 is 0. The van der Waals surface area contributed by atoms with Gasteiger partial charge in [0.05, 0.1) is 0 Å². The number of thiophene rings is 1. The van der Waals surface area contributed by atoms with Crippen molar-refractivity contribution < 1.29 is 0 Å². The third-order valence-corrected chi connectivity index (χ3v) is 5.55. The van der Waals surface area contributed by atoms with Crippen molar-refractivity contribution >= 4 is 11.3 Å². The minimum absolute atomic E-state index is 0.609. The maximum absolute atomic E-state index is 3.85. The number of rotatable bonds is 6. The molecule has 2 rings (SSSR count). The highest BCUT2D eigenvalue weighted by Gasteiger charge is 2.29. The van der Waals surface area contributed by atoms with Crippen molar-refractivity contribution in [2.75, 3.05) is 6.54 Å². The van der Waals surface area contributed by atoms with Crippen molar-refractivity contribution in [3.05, 3.63) is 21.9 Å². The molecule has 1 heterocycles. The van der Waals surface area contributed by atoms with E-state index in [1.165, 1.54) is 38.5 Å². The molecule has 19 heavy (non-hydrogen) atoms. The van der Waals surface area contributed by atoms with E-state index in [2.05, 4.69) is 37.5 Å². The minimum atomic E-state index is 0.609. The van der Waals surface area contributed by atoms with Crippen LogP contribution in [0.15, 0.2) is 11.4 Å². The van der Waals surface area contributed by atoms with Crippen LogP contribution in [0.1, 0.15) is 69.4 Å². The van der Waals surface area contributed by atoms with Crippen molar-refractivity contribution in [3.8, 4) is 0 Å². The fourth-order valence-electron chi connectivity index (χ4n) is 3.47. The Hall–Kier alpha value is -0.340. The van der Waals surface area contributed by atoms with Crippen molar-refractivity contribution in [2.45, 2.75) is 65.3 Å². The zero-order valence-corrected chi connectivity index (χ0v) is 13.6. The van der Waals surface area contributed by atoms with Crippen LogP contribution >= 0.6 is 11.3 Å². The maximum Gasteiger partial charge on any atom is 0.0446 e. The predicted molar refractivity (Wildman–Crippen MR) is 85.9 cm³/mol. The van der Waals surface area contributed by atoms with Gasteiger partial charge in [-0.3, -0.25) is 0 Å². The molecule has 0 spiro atoms. The maximum atomic E-state index is 3.85. The van der Waals surface area contributed by atoms with Crippen LogP contribution in [0.2, 0.25) is 0 Å². The first kappa shape index (κ1) is 15.1. The first-order chi connectivity index (χ1) is 9.26. The Morgan fingerprint density at radius 1 is 1.37 bits per heavy atom. The molecule has 3 unspecified atom stereocenters. The molecule has 0 aromatic carbocycles. The molecule has 0 amide bonds. The smallest absolute Gasteiger partial charge is 0.0446 e. The van der Waals surface area contributed by atoms with Crippen LogP contribution in [0, 0.1) is 11.8 Å². The summed E-state index contributed by atoms with van der Waals surface area (Å²) in [5.41, 5.74) is 1.57. The highest BCUT2D eigenvalue weighted by Crippen LogP contribution is 2.40. The standard InChI is InChI=1S/C17H29NS/c1-4-10-18-16(15-8-6-7-13(3)12-15)17-14(5-2)9-11-19-17/h9,11,13,15-16,18H,4-8,10,12H2,1-3H3. The second kappa shape index (κ2) is 7.44. The second-order valence-corrected chi connectivity index (χ2v) is 7.07. The summed E-state index contributed by atoms with van der Waals surface area (Å²) in [7, 11) is 0. The molecule has 0 bridgehead atoms. The topological polar surface area (TPSA) is 12.0 Å². The average molecular weight is 279 g/mol. The number of hydrogen-bond acceptors (Lipinski definition) is 2. The van der Waals surface area contributed by atoms with E-state index in [1.807, 2.05) is 11.3 Å². The third-order valence-electron chi connectivity index (χ3n) is 4.51. The van der Waals surface area contributed by atoms with Gasteiger partial charge in [-0.15, -0.1) is 11.3 Å². The van der Waals surface area contributed by atoms with Crippen LogP contribution in [-0.4, -0.2) is 6.54 Å². The van der Waals surface area contributed by atoms with Gasteiger partial charge < -0.3 is 5.32 Å². The molecule has 0 aliphatic heterocycles. The Labute approximate surface area is 122 Å². The van der Waals surface area contributed by atoms with Gasteiger partial charge in [0.25, 0.3) is 0 Å². The van der Waals surface area contributed by atoms with E-state index in [4.69, 9.17) is 0 Å². The SMILES string of the molecule is CCCNC(c1sccc1CC)C1CCCC(C)C1. The van der Waals surface area contributed by atoms with Gasteiger partial charge in [0, 0.05) is 10.9 Å². The normalized spacial score (nSPS) is 25.4. The molecule has 0 radical (unpaired) electrons. The Kier molecular flexibility index (Phi) is 5.90. The fraction of sp³-hybridized carbons (Fsp3) is 0.765. The summed E-state index contributed by atoms with van der Waals surface area (Å²) in [6, 6.07) is 2.94. The lowest BCUT2D eigenvalue weighted by Crippen LogP contribution is -2.31. The van der Waals surface area contributed by atoms with Crippen LogP contribution in [-0.2, 0) is 6.42 Å². The van der Waals surface area contributed by atoms with Crippen LogP contribution in [0.5, 0.6) is 0 Å². The van der Waals surface area contributed by atoms with Gasteiger partial charge in [0.2, 0.25) is 0 Å². The van der Waals surface area contributed by atoms with E-state index in [1.54, 1.807) is 10.4 Å². The first-order valence-electron chi connectivity index (χ1n) is 8.05. The fourth-order valence-corrected chi connectivity index (χ4v) is 4.63. The summed E-state index contributed by atoms with van der Waals surface area (Å²) >= 11 is 1.97. The molecule has 1 nitrogen and oxygen atoms in total. The van der Waals surface area contributed by atoms with Crippen molar-refractivity contribution in [2.24, 2.45) is 11.8 Å². The molecule has 0 saturated heterocycles. The molecule has 2 heteroatoms. The van der Waals surface area contributed by atoms with Gasteiger partial charge in [0.15, 0.2) is 0 Å². The van der Waals surface area contributed by atoms with Gasteiger partial charge in [-0.05, 0) is 61.1 Å². The minimum Gasteiger partial charge on any atom is -0.309 e. The highest BCUT2D eigenvalue weighted by molar-refractivity contribution is 7.10. The third kappa shape index (κ3) is 3.82. The Bertz CT molecular complexity index is 371. The van der Waals surface area contributed by atoms with E-state index < -0.39 is 0 Å². The van der Waals surface area contributed by atoms with Crippen molar-refractivity contribution in [1.82, 2.24) is 5.32 Å². The molecule has 108 valence electrons. The molecule has 1 saturated carbocycles. The van der Waals surface area contributed by atoms with Crippen molar-refractivity contribution in [3.63, 3.8) is 0 Å². The first-order valence-corrected chi connectivity index (χ1v) is 8.93. The predicted octanol–water partition coefficient (Wildman–Crippen LogP) is 5.18. The number of aryl methyl sites for hydroxylation is 1. The van der Waals surface area contributed by atoms with Crippen LogP contribution in [0.3, 0.4) is 0 Å². The Morgan fingerprint density at radius 3 is 2.89 bits per heavy atom. The van der Waals surface area contributed by atoms with Gasteiger partial charge in [-0.25, -0.2) is 0 Å². The molecule has 1 aromatic heterocycles. The Balaban J connectivity index is 2.15. The molecule has 3 atom stereocenters. The van der Waals surface area contributed by atoms with Gasteiger partial charge in [-0.2, -0.15) is 0 Å². The van der Waals surface area contributed by atoms with E-state index in [0.29, 0.717) is 6.04 Å². The van der Waals surface area contributed by atoms with Crippen LogP contribution < -0.4 is 5.32 Å². The Morgan fingerprint density at radius 2 is 2.21 bits per heavy atom. The zero-order chi connectivity index (χ0) is 13.7. The number of nitrogens with one attached hydrogen (secondary N) is 1. The quantitative estimate of drug-likeness (QED) is 0.756. The largest absolute Gasteiger partial charge is 0.309 e. The molecule has 1 fully saturated rings. The lowest BCUT2D eigenvalue weighted by atomic mass is 9.77. The summed E-state index contributed by atoms with van der Waals surface area (Å²) in [6.07, 6.45) is 8.07. The molecule has 1 aliphatic carbocycles. The van der Waals surface area contributed by atoms with E-state index in [-0.39, 0.29) is 0 Å². The van der Waals surface area contributed by atoms with Gasteiger partial charge >= 0.3 is 0 Å². The molecule has 1 aliphatic rings. The summed E-state index contributed by atoms with van der Waals surface area (Å²) in [4.78, 5) is 1.62. The van der Waals surface area contributed by atoms with Gasteiger partial charge in [-0.1, -0.05) is 33.6 Å². The van der Waals surface area contributed by atoms with E-state index in [0.717, 1.165) is 18.4 Å². The van der Waals surface area contributed by atoms with Crippen molar-refractivity contribution in [1.29, 1.82) is 0 Å². The van der Waals surface area contributed by atoms with Crippen LogP contribution in [0.4, 0.5) is 0 Å². The molecule has 1 N–H and O–H groups in total. The molecule has 1 aromatic rings. The molecular weight excluding hydrogens is 250 g/mol. The summed E-state index contributed by atoms with van der Waals surface area (Å²) in [5.74, 6) is 1.76. The summed E-state index contributed by atoms with van der Waals surface area (Å²) in [6.45, 7) is 8.13. The van der Waals surface area contributed by atoms with Crippen LogP contribution in [0.25, 0.3) is 0 Å². The zero-order valence-electron chi connectivity index (χ0n) is 12.7. The lowest BCUT2D eigenvalue weighted by molar-refractivity contribution is 0.225. The summed E-state index contributed by atoms with van der Waals surface area (Å²) in [5, 5.41) is 6.13. The highest BCUT2D eigenvalue weighted by atomic mass is 32.1. The van der Waals surface area contributed by atoms with E-state index >= 15 is 0 Å². The monoisotopic (exact) mass is 279 g/mol. The second-order valence-electron chi connectivity index (χ2n) is 6.13. The lowest BCUT2D eigenvalue weighted by Gasteiger charge is -2.34. The molecular formula is C17H29NS. The van der Waals surface area contributed by atoms with E-state index in [9.17, 15) is 0 Å². The van der Waals surface area contributed by atoms with Gasteiger partial charge in [0.1, 0.15) is 0 Å². The average Bonchev–Trinajstić information content (AvgIpc) is 2.88.